The van der Waals surface area contributed by atoms with Gasteiger partial charge in [0.25, 0.3) is 0 Å². The highest BCUT2D eigenvalue weighted by atomic mass is 16.5. The van der Waals surface area contributed by atoms with Crippen molar-refractivity contribution in [3.05, 3.63) is 150 Å². The molecule has 0 saturated carbocycles. The monoisotopic (exact) mass is 688 g/mol. The summed E-state index contributed by atoms with van der Waals surface area (Å²) < 4.78 is 12.0. The van der Waals surface area contributed by atoms with Crippen LogP contribution < -0.4 is 15.4 Å². The molecular weight excluding hydrogens is 640 g/mol. The van der Waals surface area contributed by atoms with Gasteiger partial charge in [0.15, 0.2) is 0 Å². The van der Waals surface area contributed by atoms with E-state index in [1.54, 1.807) is 0 Å². The normalized spacial score (nSPS) is 19.2. The summed E-state index contributed by atoms with van der Waals surface area (Å²) in [7, 11) is 0. The summed E-state index contributed by atoms with van der Waals surface area (Å²) in [6.45, 7) is 0.301. The van der Waals surface area contributed by atoms with Crippen LogP contribution in [0.2, 0.25) is 0 Å². The van der Waals surface area contributed by atoms with Crippen LogP contribution in [0.15, 0.2) is 127 Å². The summed E-state index contributed by atoms with van der Waals surface area (Å²) in [6, 6.07) is 36.4. The van der Waals surface area contributed by atoms with Crippen LogP contribution in [-0.4, -0.2) is 42.1 Å². The Morgan fingerprint density at radius 2 is 1.49 bits per heavy atom. The smallest absolute Gasteiger partial charge is 0.309 e. The summed E-state index contributed by atoms with van der Waals surface area (Å²) in [5, 5.41) is 16.0. The van der Waals surface area contributed by atoms with Gasteiger partial charge in [0.2, 0.25) is 11.8 Å². The molecule has 0 spiro atoms. The minimum absolute atomic E-state index is 0.0477. The van der Waals surface area contributed by atoms with Crippen LogP contribution in [0, 0.1) is 11.8 Å². The number of rotatable bonds is 12. The lowest BCUT2D eigenvalue weighted by Crippen LogP contribution is -2.42. The molecule has 4 aromatic rings. The molecule has 51 heavy (non-hydrogen) atoms. The molecule has 5 rings (SSSR count). The number of allylic oxidation sites excluding steroid dienone is 2. The average molecular weight is 689 g/mol. The van der Waals surface area contributed by atoms with Gasteiger partial charge < -0.3 is 25.2 Å². The Morgan fingerprint density at radius 1 is 0.824 bits per heavy atom. The van der Waals surface area contributed by atoms with Gasteiger partial charge in [-0.25, -0.2) is 0 Å². The second kappa shape index (κ2) is 19.8. The van der Waals surface area contributed by atoms with Gasteiger partial charge in [0.1, 0.15) is 18.5 Å². The van der Waals surface area contributed by atoms with Crippen LogP contribution in [-0.2, 0) is 38.6 Å². The molecule has 266 valence electrons. The Morgan fingerprint density at radius 3 is 2.18 bits per heavy atom. The topological polar surface area (TPSA) is 114 Å². The third-order valence-corrected chi connectivity index (χ3v) is 9.10. The number of cyclic esters (lactones) is 1. The molecule has 0 radical (unpaired) electrons. The van der Waals surface area contributed by atoms with Crippen LogP contribution in [0.1, 0.15) is 60.5 Å². The summed E-state index contributed by atoms with van der Waals surface area (Å²) in [6.07, 6.45) is 6.83. The number of nitrogens with one attached hydrogen (secondary N) is 2. The number of carbonyl (C=O) groups is 3. The fraction of sp³-hybridized carbons (Fsp3) is 0.326. The molecular formula is C43H48N2O6. The second-order valence-electron chi connectivity index (χ2n) is 13.1. The number of aliphatic hydroxyl groups is 1. The van der Waals surface area contributed by atoms with E-state index < -0.39 is 18.1 Å². The highest BCUT2D eigenvalue weighted by Crippen LogP contribution is 2.24. The number of amides is 2. The molecule has 2 amide bonds. The maximum absolute atomic E-state index is 13.6. The number of hydrogen-bond acceptors (Lipinski definition) is 6. The number of aliphatic hydroxyl groups excluding tert-OH is 1. The van der Waals surface area contributed by atoms with Crippen LogP contribution in [0.25, 0.3) is 0 Å². The van der Waals surface area contributed by atoms with Crippen molar-refractivity contribution in [3.63, 3.8) is 0 Å². The van der Waals surface area contributed by atoms with Gasteiger partial charge in [-0.2, -0.15) is 0 Å². The molecule has 4 aromatic carbocycles. The Balaban J connectivity index is 1.20. The van der Waals surface area contributed by atoms with Crippen molar-refractivity contribution in [1.29, 1.82) is 0 Å². The first-order chi connectivity index (χ1) is 25.0. The maximum atomic E-state index is 13.6. The van der Waals surface area contributed by atoms with Crippen LogP contribution >= 0.6 is 0 Å². The maximum Gasteiger partial charge on any atom is 0.309 e. The fourth-order valence-electron chi connectivity index (χ4n) is 6.23. The van der Waals surface area contributed by atoms with Gasteiger partial charge >= 0.3 is 5.97 Å². The van der Waals surface area contributed by atoms with E-state index in [1.807, 2.05) is 127 Å². The first-order valence-corrected chi connectivity index (χ1v) is 17.8. The number of carbonyl (C=O) groups excluding carboxylic acids is 3. The zero-order valence-electron chi connectivity index (χ0n) is 29.0. The highest BCUT2D eigenvalue weighted by Gasteiger charge is 2.28. The first kappa shape index (κ1) is 37.1. The first-order valence-electron chi connectivity index (χ1n) is 17.8. The van der Waals surface area contributed by atoms with Gasteiger partial charge in [-0.1, -0.05) is 115 Å². The minimum Gasteiger partial charge on any atom is -0.489 e. The van der Waals surface area contributed by atoms with E-state index in [0.717, 1.165) is 40.8 Å². The molecule has 1 aliphatic rings. The third-order valence-electron chi connectivity index (χ3n) is 9.10. The van der Waals surface area contributed by atoms with Gasteiger partial charge in [0, 0.05) is 6.42 Å². The second-order valence-corrected chi connectivity index (χ2v) is 13.1. The van der Waals surface area contributed by atoms with E-state index in [0.29, 0.717) is 32.3 Å². The molecule has 0 aliphatic carbocycles. The summed E-state index contributed by atoms with van der Waals surface area (Å²) >= 11 is 0. The lowest BCUT2D eigenvalue weighted by Gasteiger charge is -2.24. The zero-order chi connectivity index (χ0) is 35.7. The van der Waals surface area contributed by atoms with E-state index in [2.05, 4.69) is 10.6 Å². The van der Waals surface area contributed by atoms with Crippen molar-refractivity contribution in [2.75, 3.05) is 13.2 Å². The van der Waals surface area contributed by atoms with Gasteiger partial charge in [-0.15, -0.1) is 0 Å². The molecule has 1 aliphatic heterocycles. The summed E-state index contributed by atoms with van der Waals surface area (Å²) in [5.74, 6) is -1.12. The average Bonchev–Trinajstić information content (AvgIpc) is 3.16. The molecule has 4 unspecified atom stereocenters. The van der Waals surface area contributed by atoms with Crippen molar-refractivity contribution in [1.82, 2.24) is 10.6 Å². The third kappa shape index (κ3) is 12.3. The highest BCUT2D eigenvalue weighted by molar-refractivity contribution is 5.86. The molecule has 8 nitrogen and oxygen atoms in total. The Bertz CT molecular complexity index is 1680. The predicted molar refractivity (Wildman–Crippen MR) is 198 cm³/mol. The lowest BCUT2D eigenvalue weighted by atomic mass is 9.93. The van der Waals surface area contributed by atoms with Crippen molar-refractivity contribution in [3.8, 4) is 5.75 Å². The minimum atomic E-state index is -0.678. The SMILES string of the molecule is O=C(CC1CC=CCCCC(Cc2ccccc2)C(=O)OC(c2ccccc2)CNC1=O)NC(CO)Cc1ccc(OCc2ccccc2)cc1. The van der Waals surface area contributed by atoms with E-state index in [4.69, 9.17) is 9.47 Å². The molecule has 1 heterocycles. The number of esters is 1. The van der Waals surface area contributed by atoms with Crippen LogP contribution in [0.5, 0.6) is 5.75 Å². The van der Waals surface area contributed by atoms with E-state index in [-0.39, 0.29) is 43.3 Å². The number of benzene rings is 4. The fourth-order valence-corrected chi connectivity index (χ4v) is 6.23. The molecule has 8 heteroatoms. The number of hydrogen-bond donors (Lipinski definition) is 3. The van der Waals surface area contributed by atoms with Gasteiger partial charge in [0.05, 0.1) is 31.0 Å². The summed E-state index contributed by atoms with van der Waals surface area (Å²) in [4.78, 5) is 40.4. The quantitative estimate of drug-likeness (QED) is 0.113. The zero-order valence-corrected chi connectivity index (χ0v) is 29.0. The largest absolute Gasteiger partial charge is 0.489 e. The lowest BCUT2D eigenvalue weighted by molar-refractivity contribution is -0.155. The van der Waals surface area contributed by atoms with Crippen molar-refractivity contribution < 1.29 is 29.0 Å². The Hall–Kier alpha value is -5.21. The predicted octanol–water partition coefficient (Wildman–Crippen LogP) is 6.68. The molecule has 3 N–H and O–H groups in total. The number of ether oxygens (including phenoxy) is 2. The Labute approximate surface area is 300 Å². The van der Waals surface area contributed by atoms with E-state index in [9.17, 15) is 19.5 Å². The molecule has 4 atom stereocenters. The molecule has 0 fully saturated rings. The molecule has 0 saturated heterocycles. The standard InChI is InChI=1S/C43H48N2O6/c46-30-38(27-33-22-24-39(25-23-33)50-31-34-16-8-4-9-17-34)45-41(47)28-36-20-10-1-2-11-21-37(26-32-14-6-3-7-15-32)43(49)51-40(29-44-42(36)48)35-18-12-5-13-19-35/h1,3-10,12-19,22-25,36-38,40,46H,2,11,20-21,26-31H2,(H,44,48)(H,45,47). The van der Waals surface area contributed by atoms with Gasteiger partial charge in [-0.05, 0) is 72.9 Å². The molecule has 0 aromatic heterocycles. The van der Waals surface area contributed by atoms with E-state index in [1.165, 1.54) is 0 Å². The van der Waals surface area contributed by atoms with Crippen LogP contribution in [0.4, 0.5) is 0 Å². The van der Waals surface area contributed by atoms with Crippen molar-refractivity contribution >= 4 is 17.8 Å². The van der Waals surface area contributed by atoms with Crippen LogP contribution in [0.3, 0.4) is 0 Å². The van der Waals surface area contributed by atoms with E-state index >= 15 is 0 Å². The Kier molecular flexibility index (Phi) is 14.4. The van der Waals surface area contributed by atoms with Crippen molar-refractivity contribution in [2.45, 2.75) is 63.7 Å². The van der Waals surface area contributed by atoms with Crippen molar-refractivity contribution in [2.24, 2.45) is 11.8 Å². The summed E-state index contributed by atoms with van der Waals surface area (Å²) in [5.41, 5.74) is 3.88. The van der Waals surface area contributed by atoms with Gasteiger partial charge in [-0.3, -0.25) is 14.4 Å². The molecule has 0 bridgehead atoms.